The molecule has 1 aliphatic rings. The lowest BCUT2D eigenvalue weighted by Crippen LogP contribution is -2.45. The number of imidazole rings is 1. The number of aromatic amines is 1. The summed E-state index contributed by atoms with van der Waals surface area (Å²) < 4.78 is 28.8. The van der Waals surface area contributed by atoms with E-state index in [9.17, 15) is 18.3 Å². The molecule has 158 valence electrons. The number of para-hydroxylation sites is 2. The maximum absolute atomic E-state index is 13.1. The summed E-state index contributed by atoms with van der Waals surface area (Å²) in [4.78, 5) is 20.5. The molecule has 0 spiro atoms. The standard InChI is InChI=1S/C22H19N3O4S2/c1-13-19(14-7-3-2-4-8-14)22(13,21(26)27)25-31(28,29)18-12-11-17(30-18)20-23-15-9-5-6-10-16(15)24-20/h2-13,19,25H,1H3,(H,23,24)(H,26,27)/t13?,19-,22+/m1/s1. The summed E-state index contributed by atoms with van der Waals surface area (Å²) in [6, 6.07) is 19.8. The van der Waals surface area contributed by atoms with Crippen molar-refractivity contribution in [1.29, 1.82) is 0 Å². The molecule has 1 aliphatic carbocycles. The number of rotatable bonds is 6. The maximum atomic E-state index is 13.1. The Kier molecular flexibility index (Phi) is 4.51. The number of H-pyrrole nitrogens is 1. The maximum Gasteiger partial charge on any atom is 0.325 e. The second-order valence-corrected chi connectivity index (χ2v) is 10.7. The monoisotopic (exact) mass is 453 g/mol. The molecule has 0 aliphatic heterocycles. The quantitative estimate of drug-likeness (QED) is 0.411. The van der Waals surface area contributed by atoms with Crippen LogP contribution in [-0.4, -0.2) is 35.0 Å². The molecule has 1 unspecified atom stereocenters. The van der Waals surface area contributed by atoms with E-state index in [2.05, 4.69) is 14.7 Å². The van der Waals surface area contributed by atoms with Gasteiger partial charge in [-0.2, -0.15) is 4.72 Å². The summed E-state index contributed by atoms with van der Waals surface area (Å²) in [7, 11) is -4.05. The molecule has 5 rings (SSSR count). The van der Waals surface area contributed by atoms with Gasteiger partial charge in [0, 0.05) is 5.92 Å². The molecule has 31 heavy (non-hydrogen) atoms. The van der Waals surface area contributed by atoms with E-state index in [-0.39, 0.29) is 10.1 Å². The minimum absolute atomic E-state index is 0.0505. The summed E-state index contributed by atoms with van der Waals surface area (Å²) in [5.41, 5.74) is 0.879. The van der Waals surface area contributed by atoms with Crippen LogP contribution in [0.5, 0.6) is 0 Å². The Bertz CT molecular complexity index is 1360. The summed E-state index contributed by atoms with van der Waals surface area (Å²) >= 11 is 1.05. The number of hydrogen-bond acceptors (Lipinski definition) is 5. The van der Waals surface area contributed by atoms with Crippen molar-refractivity contribution in [2.75, 3.05) is 0 Å². The van der Waals surface area contributed by atoms with Gasteiger partial charge in [-0.1, -0.05) is 49.4 Å². The van der Waals surface area contributed by atoms with Gasteiger partial charge < -0.3 is 10.1 Å². The van der Waals surface area contributed by atoms with E-state index in [1.807, 2.05) is 54.6 Å². The zero-order valence-electron chi connectivity index (χ0n) is 16.4. The zero-order valence-corrected chi connectivity index (χ0v) is 18.1. The fraction of sp³-hybridized carbons (Fsp3) is 0.182. The highest BCUT2D eigenvalue weighted by atomic mass is 32.2. The van der Waals surface area contributed by atoms with Crippen LogP contribution in [-0.2, 0) is 14.8 Å². The molecular formula is C22H19N3O4S2. The molecule has 2 aromatic carbocycles. The minimum atomic E-state index is -4.05. The van der Waals surface area contributed by atoms with Gasteiger partial charge in [0.2, 0.25) is 0 Å². The first-order chi connectivity index (χ1) is 14.8. The number of thiophene rings is 1. The topological polar surface area (TPSA) is 112 Å². The van der Waals surface area contributed by atoms with Crippen LogP contribution in [0.25, 0.3) is 21.7 Å². The number of hydrogen-bond donors (Lipinski definition) is 3. The molecule has 0 bridgehead atoms. The van der Waals surface area contributed by atoms with Crippen molar-refractivity contribution in [1.82, 2.24) is 14.7 Å². The van der Waals surface area contributed by atoms with Gasteiger partial charge in [0.1, 0.15) is 15.6 Å². The Morgan fingerprint density at radius 1 is 1.10 bits per heavy atom. The molecular weight excluding hydrogens is 434 g/mol. The van der Waals surface area contributed by atoms with Gasteiger partial charge >= 0.3 is 5.97 Å². The van der Waals surface area contributed by atoms with E-state index < -0.39 is 27.4 Å². The van der Waals surface area contributed by atoms with Gasteiger partial charge in [-0.3, -0.25) is 4.79 Å². The second kappa shape index (κ2) is 7.01. The molecule has 9 heteroatoms. The lowest BCUT2D eigenvalue weighted by Gasteiger charge is -2.15. The third-order valence-electron chi connectivity index (χ3n) is 5.88. The van der Waals surface area contributed by atoms with Gasteiger partial charge in [-0.05, 0) is 35.7 Å². The number of aromatic nitrogens is 2. The van der Waals surface area contributed by atoms with Crippen molar-refractivity contribution < 1.29 is 18.3 Å². The fourth-order valence-electron chi connectivity index (χ4n) is 4.23. The minimum Gasteiger partial charge on any atom is -0.480 e. The molecule has 0 amide bonds. The van der Waals surface area contributed by atoms with Crippen molar-refractivity contribution in [2.24, 2.45) is 5.92 Å². The summed E-state index contributed by atoms with van der Waals surface area (Å²) in [6.45, 7) is 1.75. The van der Waals surface area contributed by atoms with Crippen molar-refractivity contribution in [3.05, 3.63) is 72.3 Å². The van der Waals surface area contributed by atoms with Gasteiger partial charge in [0.25, 0.3) is 10.0 Å². The van der Waals surface area contributed by atoms with E-state index in [1.54, 1.807) is 13.0 Å². The van der Waals surface area contributed by atoms with Crippen LogP contribution in [0, 0.1) is 5.92 Å². The number of carboxylic acids is 1. The number of sulfonamides is 1. The highest BCUT2D eigenvalue weighted by Gasteiger charge is 2.70. The molecule has 0 radical (unpaired) electrons. The molecule has 1 fully saturated rings. The number of carbonyl (C=O) groups is 1. The highest BCUT2D eigenvalue weighted by Crippen LogP contribution is 2.58. The highest BCUT2D eigenvalue weighted by molar-refractivity contribution is 7.91. The Morgan fingerprint density at radius 2 is 1.81 bits per heavy atom. The van der Waals surface area contributed by atoms with Crippen LogP contribution in [0.4, 0.5) is 0 Å². The lowest BCUT2D eigenvalue weighted by atomic mass is 10.1. The first-order valence-electron chi connectivity index (χ1n) is 9.70. The summed E-state index contributed by atoms with van der Waals surface area (Å²) in [5.74, 6) is -1.41. The lowest BCUT2D eigenvalue weighted by molar-refractivity contribution is -0.140. The molecule has 3 atom stereocenters. The molecule has 7 nitrogen and oxygen atoms in total. The number of fused-ring (bicyclic) bond motifs is 1. The van der Waals surface area contributed by atoms with Crippen LogP contribution < -0.4 is 4.72 Å². The molecule has 0 saturated heterocycles. The molecule has 4 aromatic rings. The predicted molar refractivity (Wildman–Crippen MR) is 118 cm³/mol. The molecule has 1 saturated carbocycles. The summed E-state index contributed by atoms with van der Waals surface area (Å²) in [6.07, 6.45) is 0. The second-order valence-electron chi connectivity index (χ2n) is 7.68. The van der Waals surface area contributed by atoms with Gasteiger partial charge in [0.15, 0.2) is 0 Å². The van der Waals surface area contributed by atoms with Crippen LogP contribution in [0.2, 0.25) is 0 Å². The number of aliphatic carboxylic acids is 1. The van der Waals surface area contributed by atoms with Crippen LogP contribution in [0.3, 0.4) is 0 Å². The number of carboxylic acid groups (broad SMARTS) is 1. The first kappa shape index (κ1) is 19.9. The van der Waals surface area contributed by atoms with Crippen LogP contribution in [0.1, 0.15) is 18.4 Å². The van der Waals surface area contributed by atoms with Crippen LogP contribution >= 0.6 is 11.3 Å². The van der Waals surface area contributed by atoms with E-state index in [1.165, 1.54) is 6.07 Å². The summed E-state index contributed by atoms with van der Waals surface area (Å²) in [5, 5.41) is 9.94. The van der Waals surface area contributed by atoms with E-state index in [4.69, 9.17) is 0 Å². The molecule has 2 aromatic heterocycles. The zero-order chi connectivity index (χ0) is 21.8. The number of nitrogens with zero attached hydrogens (tertiary/aromatic N) is 1. The van der Waals surface area contributed by atoms with E-state index >= 15 is 0 Å². The Hall–Kier alpha value is -3.01. The average Bonchev–Trinajstić information content (AvgIpc) is 3.16. The smallest absolute Gasteiger partial charge is 0.325 e. The van der Waals surface area contributed by atoms with Crippen molar-refractivity contribution in [2.45, 2.75) is 22.6 Å². The average molecular weight is 454 g/mol. The normalized spacial score (nSPS) is 23.1. The van der Waals surface area contributed by atoms with Crippen LogP contribution in [0.15, 0.2) is 70.9 Å². The predicted octanol–water partition coefficient (Wildman–Crippen LogP) is 3.83. The first-order valence-corrected chi connectivity index (χ1v) is 12.0. The van der Waals surface area contributed by atoms with E-state index in [0.717, 1.165) is 27.9 Å². The van der Waals surface area contributed by atoms with Crippen molar-refractivity contribution in [3.8, 4) is 10.7 Å². The van der Waals surface area contributed by atoms with Gasteiger partial charge in [0.05, 0.1) is 15.9 Å². The van der Waals surface area contributed by atoms with Gasteiger partial charge in [-0.15, -0.1) is 11.3 Å². The Balaban J connectivity index is 1.46. The Morgan fingerprint density at radius 3 is 2.52 bits per heavy atom. The molecule has 3 N–H and O–H groups in total. The number of benzene rings is 2. The Labute approximate surface area is 182 Å². The third kappa shape index (κ3) is 3.16. The fourth-order valence-corrected chi connectivity index (χ4v) is 6.94. The number of nitrogens with one attached hydrogen (secondary N) is 2. The SMILES string of the molecule is CC1[C@H](c2ccccc2)[C@]1(NS(=O)(=O)c1ccc(-c2nc3ccccc3[nH]2)s1)C(=O)O. The van der Waals surface area contributed by atoms with Crippen molar-refractivity contribution >= 4 is 38.4 Å². The molecule has 2 heterocycles. The van der Waals surface area contributed by atoms with Gasteiger partial charge in [-0.25, -0.2) is 13.4 Å². The van der Waals surface area contributed by atoms with Crippen molar-refractivity contribution in [3.63, 3.8) is 0 Å². The largest absolute Gasteiger partial charge is 0.480 e. The third-order valence-corrected chi connectivity index (χ3v) is 8.95. The van der Waals surface area contributed by atoms with E-state index in [0.29, 0.717) is 10.7 Å².